The highest BCUT2D eigenvalue weighted by Crippen LogP contribution is 2.29. The number of carboxylic acid groups (broad SMARTS) is 1. The predicted octanol–water partition coefficient (Wildman–Crippen LogP) is 4.41. The van der Waals surface area contributed by atoms with E-state index in [0.29, 0.717) is 28.9 Å². The zero-order valence-corrected chi connectivity index (χ0v) is 13.6. The van der Waals surface area contributed by atoms with Gasteiger partial charge in [0.2, 0.25) is 0 Å². The van der Waals surface area contributed by atoms with Crippen LogP contribution in [0.2, 0.25) is 10.0 Å². The number of fused-ring (bicyclic) bond motifs is 1. The molecule has 0 fully saturated rings. The van der Waals surface area contributed by atoms with E-state index >= 15 is 0 Å². The van der Waals surface area contributed by atoms with E-state index in [2.05, 4.69) is 23.4 Å². The van der Waals surface area contributed by atoms with Gasteiger partial charge < -0.3 is 9.67 Å². The Labute approximate surface area is 133 Å². The molecule has 0 atom stereocenters. The van der Waals surface area contributed by atoms with Crippen LogP contribution in [0.25, 0.3) is 11.0 Å². The number of carboxylic acids is 1. The Hall–Kier alpha value is -1.26. The Morgan fingerprint density at radius 1 is 1.33 bits per heavy atom. The summed E-state index contributed by atoms with van der Waals surface area (Å²) in [5.41, 5.74) is 1.71. The standard InChI is InChI=1S/C15H18Cl2N2O2/c1-9(2)6-14-18-12-7-10(16)11(17)8-13(12)19(14)5-3-4-15(20)21/h7-9H,3-6H2,1-2H3,(H,20,21). The summed E-state index contributed by atoms with van der Waals surface area (Å²) in [6, 6.07) is 3.56. The summed E-state index contributed by atoms with van der Waals surface area (Å²) >= 11 is 12.1. The number of aromatic nitrogens is 2. The summed E-state index contributed by atoms with van der Waals surface area (Å²) in [7, 11) is 0. The van der Waals surface area contributed by atoms with Crippen LogP contribution in [0.3, 0.4) is 0 Å². The molecule has 4 nitrogen and oxygen atoms in total. The number of nitrogens with zero attached hydrogens (tertiary/aromatic N) is 2. The van der Waals surface area contributed by atoms with Gasteiger partial charge in [0, 0.05) is 19.4 Å². The lowest BCUT2D eigenvalue weighted by atomic mass is 10.1. The third-order valence-electron chi connectivity index (χ3n) is 3.23. The third kappa shape index (κ3) is 3.89. The molecule has 2 aromatic rings. The fourth-order valence-electron chi connectivity index (χ4n) is 2.33. The second-order valence-corrected chi connectivity index (χ2v) is 6.34. The van der Waals surface area contributed by atoms with E-state index in [1.807, 2.05) is 0 Å². The summed E-state index contributed by atoms with van der Waals surface area (Å²) in [5.74, 6) is 0.626. The number of halogens is 2. The minimum absolute atomic E-state index is 0.141. The molecule has 0 bridgehead atoms. The van der Waals surface area contributed by atoms with Crippen LogP contribution in [-0.4, -0.2) is 20.6 Å². The van der Waals surface area contributed by atoms with Crippen LogP contribution in [-0.2, 0) is 17.8 Å². The van der Waals surface area contributed by atoms with E-state index in [1.54, 1.807) is 12.1 Å². The van der Waals surface area contributed by atoms with E-state index in [9.17, 15) is 4.79 Å². The number of carbonyl (C=O) groups is 1. The van der Waals surface area contributed by atoms with E-state index in [0.717, 1.165) is 23.3 Å². The average Bonchev–Trinajstić information content (AvgIpc) is 2.66. The normalized spacial score (nSPS) is 11.5. The Balaban J connectivity index is 2.41. The molecule has 0 saturated carbocycles. The van der Waals surface area contributed by atoms with Gasteiger partial charge in [-0.25, -0.2) is 4.98 Å². The van der Waals surface area contributed by atoms with Crippen molar-refractivity contribution in [1.29, 1.82) is 0 Å². The molecule has 0 radical (unpaired) electrons. The predicted molar refractivity (Wildman–Crippen MR) is 85.2 cm³/mol. The topological polar surface area (TPSA) is 55.1 Å². The molecule has 0 saturated heterocycles. The van der Waals surface area contributed by atoms with Crippen molar-refractivity contribution in [2.45, 2.75) is 39.7 Å². The summed E-state index contributed by atoms with van der Waals surface area (Å²) in [6.07, 6.45) is 1.53. The molecule has 2 rings (SSSR count). The van der Waals surface area contributed by atoms with Gasteiger partial charge in [-0.05, 0) is 24.5 Å². The summed E-state index contributed by atoms with van der Waals surface area (Å²) < 4.78 is 2.06. The number of rotatable bonds is 6. The van der Waals surface area contributed by atoms with Crippen molar-refractivity contribution in [3.63, 3.8) is 0 Å². The quantitative estimate of drug-likeness (QED) is 0.854. The van der Waals surface area contributed by atoms with Crippen LogP contribution >= 0.6 is 23.2 Å². The zero-order chi connectivity index (χ0) is 15.6. The maximum absolute atomic E-state index is 10.7. The number of hydrogen-bond donors (Lipinski definition) is 1. The molecule has 6 heteroatoms. The van der Waals surface area contributed by atoms with Gasteiger partial charge in [-0.3, -0.25) is 4.79 Å². The summed E-state index contributed by atoms with van der Waals surface area (Å²) in [5, 5.41) is 9.75. The van der Waals surface area contributed by atoms with Gasteiger partial charge >= 0.3 is 5.97 Å². The lowest BCUT2D eigenvalue weighted by Crippen LogP contribution is -2.08. The van der Waals surface area contributed by atoms with Gasteiger partial charge in [0.05, 0.1) is 21.1 Å². The van der Waals surface area contributed by atoms with Gasteiger partial charge in [-0.15, -0.1) is 0 Å². The smallest absolute Gasteiger partial charge is 0.303 e. The second-order valence-electron chi connectivity index (χ2n) is 5.53. The SMILES string of the molecule is CC(C)Cc1nc2cc(Cl)c(Cl)cc2n1CCCC(=O)O. The van der Waals surface area contributed by atoms with Crippen molar-refractivity contribution in [1.82, 2.24) is 9.55 Å². The van der Waals surface area contributed by atoms with E-state index in [4.69, 9.17) is 28.3 Å². The van der Waals surface area contributed by atoms with Crippen molar-refractivity contribution in [3.05, 3.63) is 28.0 Å². The molecule has 0 amide bonds. The Bertz CT molecular complexity index is 665. The lowest BCUT2D eigenvalue weighted by molar-refractivity contribution is -0.137. The second kappa shape index (κ2) is 6.67. The van der Waals surface area contributed by atoms with Crippen molar-refractivity contribution in [2.24, 2.45) is 5.92 Å². The first-order valence-electron chi connectivity index (χ1n) is 6.94. The Morgan fingerprint density at radius 2 is 2.00 bits per heavy atom. The van der Waals surface area contributed by atoms with Crippen LogP contribution in [0.1, 0.15) is 32.5 Å². The highest BCUT2D eigenvalue weighted by molar-refractivity contribution is 6.42. The van der Waals surface area contributed by atoms with Crippen LogP contribution < -0.4 is 0 Å². The molecule has 21 heavy (non-hydrogen) atoms. The molecule has 0 unspecified atom stereocenters. The van der Waals surface area contributed by atoms with Crippen molar-refractivity contribution in [3.8, 4) is 0 Å². The largest absolute Gasteiger partial charge is 0.481 e. The molecule has 0 spiro atoms. The first-order chi connectivity index (χ1) is 9.88. The van der Waals surface area contributed by atoms with Gasteiger partial charge in [0.1, 0.15) is 5.82 Å². The fraction of sp³-hybridized carbons (Fsp3) is 0.467. The number of benzene rings is 1. The van der Waals surface area contributed by atoms with Crippen molar-refractivity contribution >= 4 is 40.2 Å². The number of hydrogen-bond acceptors (Lipinski definition) is 2. The number of imidazole rings is 1. The number of aryl methyl sites for hydroxylation is 1. The van der Waals surface area contributed by atoms with Crippen LogP contribution in [0.5, 0.6) is 0 Å². The fourth-order valence-corrected chi connectivity index (χ4v) is 2.64. The molecule has 1 N–H and O–H groups in total. The molecule has 1 aromatic carbocycles. The van der Waals surface area contributed by atoms with E-state index in [-0.39, 0.29) is 6.42 Å². The van der Waals surface area contributed by atoms with Gasteiger partial charge in [0.15, 0.2) is 0 Å². The zero-order valence-electron chi connectivity index (χ0n) is 12.1. The van der Waals surface area contributed by atoms with Crippen LogP contribution in [0.4, 0.5) is 0 Å². The van der Waals surface area contributed by atoms with Crippen LogP contribution in [0, 0.1) is 5.92 Å². The molecule has 0 aliphatic heterocycles. The molecule has 1 heterocycles. The molecule has 114 valence electrons. The highest BCUT2D eigenvalue weighted by Gasteiger charge is 2.14. The van der Waals surface area contributed by atoms with Crippen molar-refractivity contribution in [2.75, 3.05) is 0 Å². The lowest BCUT2D eigenvalue weighted by Gasteiger charge is -2.10. The van der Waals surface area contributed by atoms with E-state index < -0.39 is 5.97 Å². The molecule has 0 aliphatic rings. The van der Waals surface area contributed by atoms with Crippen molar-refractivity contribution < 1.29 is 9.90 Å². The average molecular weight is 329 g/mol. The van der Waals surface area contributed by atoms with Gasteiger partial charge in [0.25, 0.3) is 0 Å². The van der Waals surface area contributed by atoms with Gasteiger partial charge in [-0.2, -0.15) is 0 Å². The summed E-state index contributed by atoms with van der Waals surface area (Å²) in [6.45, 7) is 4.87. The molecular weight excluding hydrogens is 311 g/mol. The minimum Gasteiger partial charge on any atom is -0.481 e. The number of aliphatic carboxylic acids is 1. The Morgan fingerprint density at radius 3 is 2.62 bits per heavy atom. The Kier molecular flexibility index (Phi) is 5.12. The molecular formula is C15H18Cl2N2O2. The first kappa shape index (κ1) is 16.1. The maximum Gasteiger partial charge on any atom is 0.303 e. The molecule has 1 aromatic heterocycles. The van der Waals surface area contributed by atoms with Gasteiger partial charge in [-0.1, -0.05) is 37.0 Å². The van der Waals surface area contributed by atoms with Crippen LogP contribution in [0.15, 0.2) is 12.1 Å². The monoisotopic (exact) mass is 328 g/mol. The minimum atomic E-state index is -0.786. The molecule has 0 aliphatic carbocycles. The summed E-state index contributed by atoms with van der Waals surface area (Å²) in [4.78, 5) is 15.3. The van der Waals surface area contributed by atoms with E-state index in [1.165, 1.54) is 0 Å². The first-order valence-corrected chi connectivity index (χ1v) is 7.70. The highest BCUT2D eigenvalue weighted by atomic mass is 35.5. The third-order valence-corrected chi connectivity index (χ3v) is 3.95. The maximum atomic E-state index is 10.7.